The molecular formula is C13H18N2O4. The van der Waals surface area contributed by atoms with Gasteiger partial charge in [-0.3, -0.25) is 4.79 Å². The highest BCUT2D eigenvalue weighted by atomic mass is 16.5. The zero-order valence-corrected chi connectivity index (χ0v) is 11.0. The van der Waals surface area contributed by atoms with Gasteiger partial charge in [0.05, 0.1) is 5.56 Å². The summed E-state index contributed by atoms with van der Waals surface area (Å²) < 4.78 is 5.23. The van der Waals surface area contributed by atoms with Crippen LogP contribution >= 0.6 is 0 Å². The Balaban J connectivity index is 2.52. The van der Waals surface area contributed by atoms with Crippen LogP contribution in [0.15, 0.2) is 18.2 Å². The summed E-state index contributed by atoms with van der Waals surface area (Å²) in [5.74, 6) is -0.593. The van der Waals surface area contributed by atoms with E-state index < -0.39 is 5.97 Å². The van der Waals surface area contributed by atoms with Crippen LogP contribution in [0, 0.1) is 5.92 Å². The first kappa shape index (κ1) is 14.8. The number of carboxylic acids is 1. The van der Waals surface area contributed by atoms with Gasteiger partial charge in [0, 0.05) is 18.3 Å². The molecule has 0 aliphatic heterocycles. The fourth-order valence-corrected chi connectivity index (χ4v) is 1.34. The van der Waals surface area contributed by atoms with Crippen LogP contribution in [0.3, 0.4) is 0 Å². The third-order valence-electron chi connectivity index (χ3n) is 2.33. The third-order valence-corrected chi connectivity index (χ3v) is 2.33. The van der Waals surface area contributed by atoms with Crippen molar-refractivity contribution in [2.45, 2.75) is 13.8 Å². The average Bonchev–Trinajstić information content (AvgIpc) is 2.33. The highest BCUT2D eigenvalue weighted by Crippen LogP contribution is 2.19. The van der Waals surface area contributed by atoms with Crippen molar-refractivity contribution in [2.75, 3.05) is 18.9 Å². The van der Waals surface area contributed by atoms with Gasteiger partial charge in [-0.25, -0.2) is 4.79 Å². The molecule has 0 aliphatic carbocycles. The van der Waals surface area contributed by atoms with Gasteiger partial charge >= 0.3 is 5.97 Å². The number of hydrogen-bond acceptors (Lipinski definition) is 4. The topological polar surface area (TPSA) is 102 Å². The molecule has 6 nitrogen and oxygen atoms in total. The number of aromatic carboxylic acids is 1. The second-order valence-electron chi connectivity index (χ2n) is 4.54. The van der Waals surface area contributed by atoms with E-state index in [1.807, 2.05) is 13.8 Å². The highest BCUT2D eigenvalue weighted by molar-refractivity contribution is 5.93. The molecule has 0 aromatic heterocycles. The summed E-state index contributed by atoms with van der Waals surface area (Å²) in [6.07, 6.45) is 0. The number of carboxylic acid groups (broad SMARTS) is 1. The number of nitrogens with one attached hydrogen (secondary N) is 1. The minimum atomic E-state index is -1.10. The van der Waals surface area contributed by atoms with Crippen molar-refractivity contribution in [1.82, 2.24) is 5.32 Å². The predicted molar refractivity (Wildman–Crippen MR) is 71.2 cm³/mol. The molecule has 0 fully saturated rings. The lowest BCUT2D eigenvalue weighted by atomic mass is 10.2. The van der Waals surface area contributed by atoms with E-state index >= 15 is 0 Å². The summed E-state index contributed by atoms with van der Waals surface area (Å²) >= 11 is 0. The molecule has 0 saturated carbocycles. The molecule has 0 radical (unpaired) electrons. The summed E-state index contributed by atoms with van der Waals surface area (Å²) in [7, 11) is 0. The molecule has 19 heavy (non-hydrogen) atoms. The summed E-state index contributed by atoms with van der Waals surface area (Å²) in [6, 6.07) is 4.20. The van der Waals surface area contributed by atoms with E-state index in [1.54, 1.807) is 0 Å². The Morgan fingerprint density at radius 3 is 2.63 bits per heavy atom. The van der Waals surface area contributed by atoms with Crippen LogP contribution in [0.5, 0.6) is 5.75 Å². The third kappa shape index (κ3) is 4.87. The molecule has 0 aliphatic rings. The lowest BCUT2D eigenvalue weighted by Crippen LogP contribution is -2.31. The zero-order chi connectivity index (χ0) is 14.4. The van der Waals surface area contributed by atoms with Crippen molar-refractivity contribution in [3.05, 3.63) is 23.8 Å². The minimum Gasteiger partial charge on any atom is -0.484 e. The van der Waals surface area contributed by atoms with Crippen LogP contribution in [0.1, 0.15) is 24.2 Å². The SMILES string of the molecule is CC(C)CNC(=O)COc1ccc(C(=O)O)c(N)c1. The second-order valence-corrected chi connectivity index (χ2v) is 4.54. The van der Waals surface area contributed by atoms with Gasteiger partial charge in [0.25, 0.3) is 5.91 Å². The Bertz CT molecular complexity index is 472. The molecule has 1 aromatic carbocycles. The lowest BCUT2D eigenvalue weighted by Gasteiger charge is -2.10. The Labute approximate surface area is 111 Å². The van der Waals surface area contributed by atoms with Crippen molar-refractivity contribution < 1.29 is 19.4 Å². The van der Waals surface area contributed by atoms with Crippen molar-refractivity contribution in [3.8, 4) is 5.75 Å². The van der Waals surface area contributed by atoms with Crippen LogP contribution < -0.4 is 15.8 Å². The lowest BCUT2D eigenvalue weighted by molar-refractivity contribution is -0.123. The molecule has 1 rings (SSSR count). The van der Waals surface area contributed by atoms with Crippen molar-refractivity contribution in [3.63, 3.8) is 0 Å². The summed E-state index contributed by atoms with van der Waals surface area (Å²) in [4.78, 5) is 22.2. The van der Waals surface area contributed by atoms with Crippen LogP contribution in [-0.4, -0.2) is 30.1 Å². The Morgan fingerprint density at radius 1 is 1.42 bits per heavy atom. The fourth-order valence-electron chi connectivity index (χ4n) is 1.34. The van der Waals surface area contributed by atoms with E-state index in [1.165, 1.54) is 18.2 Å². The number of benzene rings is 1. The Morgan fingerprint density at radius 2 is 2.11 bits per heavy atom. The van der Waals surface area contributed by atoms with Crippen molar-refractivity contribution >= 4 is 17.6 Å². The monoisotopic (exact) mass is 266 g/mol. The number of nitrogen functional groups attached to an aromatic ring is 1. The minimum absolute atomic E-state index is 0.0107. The van der Waals surface area contributed by atoms with Gasteiger partial charge in [0.1, 0.15) is 5.75 Å². The van der Waals surface area contributed by atoms with E-state index in [4.69, 9.17) is 15.6 Å². The van der Waals surface area contributed by atoms with E-state index in [0.29, 0.717) is 18.2 Å². The van der Waals surface area contributed by atoms with E-state index in [-0.39, 0.29) is 23.8 Å². The first-order chi connectivity index (χ1) is 8.90. The molecule has 6 heteroatoms. The first-order valence-corrected chi connectivity index (χ1v) is 5.92. The van der Waals surface area contributed by atoms with Crippen LogP contribution in [0.4, 0.5) is 5.69 Å². The molecule has 0 saturated heterocycles. The van der Waals surface area contributed by atoms with E-state index in [0.717, 1.165) is 0 Å². The first-order valence-electron chi connectivity index (χ1n) is 5.92. The molecule has 4 N–H and O–H groups in total. The van der Waals surface area contributed by atoms with E-state index in [2.05, 4.69) is 5.32 Å². The van der Waals surface area contributed by atoms with Gasteiger partial charge in [0.15, 0.2) is 6.61 Å². The molecule has 0 bridgehead atoms. The molecule has 1 aromatic rings. The molecule has 0 spiro atoms. The van der Waals surface area contributed by atoms with Crippen molar-refractivity contribution in [2.24, 2.45) is 5.92 Å². The number of carbonyl (C=O) groups is 2. The van der Waals surface area contributed by atoms with Gasteiger partial charge in [-0.1, -0.05) is 13.8 Å². The standard InChI is InChI=1S/C13H18N2O4/c1-8(2)6-15-12(16)7-19-9-3-4-10(13(17)18)11(14)5-9/h3-5,8H,6-7,14H2,1-2H3,(H,15,16)(H,17,18). The Kier molecular flexibility index (Phi) is 5.17. The average molecular weight is 266 g/mol. The van der Waals surface area contributed by atoms with Gasteiger partial charge in [-0.15, -0.1) is 0 Å². The number of ether oxygens (including phenoxy) is 1. The highest BCUT2D eigenvalue weighted by Gasteiger charge is 2.09. The number of hydrogen-bond donors (Lipinski definition) is 3. The maximum Gasteiger partial charge on any atom is 0.337 e. The predicted octanol–water partition coefficient (Wildman–Crippen LogP) is 1.12. The largest absolute Gasteiger partial charge is 0.484 e. The molecule has 0 heterocycles. The summed E-state index contributed by atoms with van der Waals surface area (Å²) in [5.41, 5.74) is 5.68. The van der Waals surface area contributed by atoms with Crippen LogP contribution in [0.2, 0.25) is 0 Å². The molecular weight excluding hydrogens is 248 g/mol. The smallest absolute Gasteiger partial charge is 0.337 e. The number of nitrogens with two attached hydrogens (primary N) is 1. The zero-order valence-electron chi connectivity index (χ0n) is 11.0. The van der Waals surface area contributed by atoms with Crippen molar-refractivity contribution in [1.29, 1.82) is 0 Å². The molecule has 104 valence electrons. The molecule has 1 amide bonds. The number of amides is 1. The maximum atomic E-state index is 11.4. The fraction of sp³-hybridized carbons (Fsp3) is 0.385. The molecule has 0 unspecified atom stereocenters. The maximum absolute atomic E-state index is 11.4. The number of carbonyl (C=O) groups excluding carboxylic acids is 1. The second kappa shape index (κ2) is 6.63. The summed E-state index contributed by atoms with van der Waals surface area (Å²) in [5, 5.41) is 11.5. The van der Waals surface area contributed by atoms with Crippen LogP contribution in [-0.2, 0) is 4.79 Å². The van der Waals surface area contributed by atoms with Gasteiger partial charge in [0.2, 0.25) is 0 Å². The molecule has 0 atom stereocenters. The summed E-state index contributed by atoms with van der Waals surface area (Å²) in [6.45, 7) is 4.44. The van der Waals surface area contributed by atoms with E-state index in [9.17, 15) is 9.59 Å². The quantitative estimate of drug-likeness (QED) is 0.670. The van der Waals surface area contributed by atoms with Gasteiger partial charge < -0.3 is 20.9 Å². The number of rotatable bonds is 6. The van der Waals surface area contributed by atoms with Gasteiger partial charge in [-0.2, -0.15) is 0 Å². The van der Waals surface area contributed by atoms with Gasteiger partial charge in [-0.05, 0) is 18.1 Å². The van der Waals surface area contributed by atoms with Crippen LogP contribution in [0.25, 0.3) is 0 Å². The normalized spacial score (nSPS) is 10.3. The Hall–Kier alpha value is -2.24. The number of anilines is 1.